The molecular formula is C20H30O. The summed E-state index contributed by atoms with van der Waals surface area (Å²) in [6.07, 6.45) is 5.41. The second-order valence-corrected chi connectivity index (χ2v) is 7.03. The second-order valence-electron chi connectivity index (χ2n) is 7.03. The molecule has 1 rings (SSSR count). The van der Waals surface area contributed by atoms with E-state index in [-0.39, 0.29) is 11.2 Å². The Hall–Kier alpha value is -1.37. The van der Waals surface area contributed by atoms with Crippen LogP contribution < -0.4 is 0 Å². The smallest absolute Gasteiger partial charge is 0.156 e. The Labute approximate surface area is 130 Å². The van der Waals surface area contributed by atoms with Gasteiger partial charge in [-0.2, -0.15) is 0 Å². The molecule has 21 heavy (non-hydrogen) atoms. The maximum atomic E-state index is 12.2. The summed E-state index contributed by atoms with van der Waals surface area (Å²) in [4.78, 5) is 12.2. The zero-order chi connectivity index (χ0) is 16.4. The first-order valence-corrected chi connectivity index (χ1v) is 7.88. The van der Waals surface area contributed by atoms with E-state index in [9.17, 15) is 4.79 Å². The quantitative estimate of drug-likeness (QED) is 0.640. The maximum Gasteiger partial charge on any atom is 0.156 e. The number of ketones is 1. The topological polar surface area (TPSA) is 17.1 Å². The highest BCUT2D eigenvalue weighted by Gasteiger charge is 2.18. The molecule has 1 aromatic rings. The summed E-state index contributed by atoms with van der Waals surface area (Å²) in [5, 5.41) is 0. The molecule has 1 heteroatoms. The molecule has 0 spiro atoms. The fourth-order valence-corrected chi connectivity index (χ4v) is 2.61. The van der Waals surface area contributed by atoms with Gasteiger partial charge in [-0.1, -0.05) is 33.3 Å². The zero-order valence-electron chi connectivity index (χ0n) is 15.0. The van der Waals surface area contributed by atoms with E-state index in [0.717, 1.165) is 6.42 Å². The molecule has 0 saturated carbocycles. The van der Waals surface area contributed by atoms with Crippen molar-refractivity contribution in [3.05, 3.63) is 39.5 Å². The molecule has 0 unspecified atom stereocenters. The normalized spacial score (nSPS) is 12.2. The van der Waals surface area contributed by atoms with Crippen molar-refractivity contribution in [2.45, 2.75) is 68.2 Å². The van der Waals surface area contributed by atoms with Crippen molar-refractivity contribution in [3.63, 3.8) is 0 Å². The summed E-state index contributed by atoms with van der Waals surface area (Å²) in [5.41, 5.74) is 7.89. The molecule has 0 atom stereocenters. The van der Waals surface area contributed by atoms with Crippen LogP contribution in [0.25, 0.3) is 6.08 Å². The standard InChI is InChI=1S/C20H30O/c1-9-20(7,8)12-18(21)10-11-19-16(5)14(3)13(2)15(4)17(19)6/h10-11H,9,12H2,1-8H3/b11-10+. The first kappa shape index (κ1) is 17.7. The number of hydrogen-bond donors (Lipinski definition) is 0. The highest BCUT2D eigenvalue weighted by atomic mass is 16.1. The summed E-state index contributed by atoms with van der Waals surface area (Å²) in [6.45, 7) is 17.2. The van der Waals surface area contributed by atoms with E-state index in [0.29, 0.717) is 6.42 Å². The van der Waals surface area contributed by atoms with Gasteiger partial charge in [0.15, 0.2) is 5.78 Å². The zero-order valence-corrected chi connectivity index (χ0v) is 15.0. The SMILES string of the molecule is CCC(C)(C)CC(=O)/C=C/c1c(C)c(C)c(C)c(C)c1C. The molecule has 0 saturated heterocycles. The average Bonchev–Trinajstić information content (AvgIpc) is 2.42. The number of allylic oxidation sites excluding steroid dienone is 1. The first-order valence-electron chi connectivity index (χ1n) is 7.88. The number of hydrogen-bond acceptors (Lipinski definition) is 1. The Bertz CT molecular complexity index is 545. The van der Waals surface area contributed by atoms with E-state index in [1.54, 1.807) is 6.08 Å². The highest BCUT2D eigenvalue weighted by Crippen LogP contribution is 2.28. The molecule has 116 valence electrons. The van der Waals surface area contributed by atoms with Crippen molar-refractivity contribution in [1.82, 2.24) is 0 Å². The third-order valence-electron chi connectivity index (χ3n) is 5.10. The molecule has 0 radical (unpaired) electrons. The lowest BCUT2D eigenvalue weighted by Crippen LogP contribution is -2.14. The molecule has 0 aliphatic carbocycles. The Morgan fingerprint density at radius 1 is 0.905 bits per heavy atom. The predicted octanol–water partition coefficient (Wildman–Crippen LogP) is 5.64. The summed E-state index contributed by atoms with van der Waals surface area (Å²) >= 11 is 0. The molecule has 0 bridgehead atoms. The molecule has 0 aromatic heterocycles. The lowest BCUT2D eigenvalue weighted by Gasteiger charge is -2.20. The van der Waals surface area contributed by atoms with Crippen molar-refractivity contribution < 1.29 is 4.79 Å². The molecule has 0 amide bonds. The van der Waals surface area contributed by atoms with Crippen LogP contribution in [0, 0.1) is 40.0 Å². The molecule has 0 aliphatic rings. The Morgan fingerprint density at radius 2 is 1.33 bits per heavy atom. The van der Waals surface area contributed by atoms with Crippen LogP contribution in [0.2, 0.25) is 0 Å². The van der Waals surface area contributed by atoms with Crippen LogP contribution in [0.1, 0.15) is 67.0 Å². The van der Waals surface area contributed by atoms with Gasteiger partial charge in [-0.25, -0.2) is 0 Å². The second kappa shape index (κ2) is 6.60. The molecule has 0 heterocycles. The van der Waals surface area contributed by atoms with E-state index >= 15 is 0 Å². The summed E-state index contributed by atoms with van der Waals surface area (Å²) in [7, 11) is 0. The first-order chi connectivity index (χ1) is 9.60. The fraction of sp³-hybridized carbons (Fsp3) is 0.550. The van der Waals surface area contributed by atoms with Gasteiger partial charge in [0.05, 0.1) is 0 Å². The number of benzene rings is 1. The monoisotopic (exact) mass is 286 g/mol. The third-order valence-corrected chi connectivity index (χ3v) is 5.10. The molecule has 1 aromatic carbocycles. The van der Waals surface area contributed by atoms with Crippen molar-refractivity contribution in [3.8, 4) is 0 Å². The van der Waals surface area contributed by atoms with Gasteiger partial charge in [0, 0.05) is 6.42 Å². The molecular weight excluding hydrogens is 256 g/mol. The van der Waals surface area contributed by atoms with Crippen molar-refractivity contribution in [1.29, 1.82) is 0 Å². The number of rotatable bonds is 5. The van der Waals surface area contributed by atoms with Gasteiger partial charge in [-0.05, 0) is 79.5 Å². The van der Waals surface area contributed by atoms with Crippen LogP contribution in [0.4, 0.5) is 0 Å². The molecule has 1 nitrogen and oxygen atoms in total. The van der Waals surface area contributed by atoms with Gasteiger partial charge >= 0.3 is 0 Å². The summed E-state index contributed by atoms with van der Waals surface area (Å²) in [5.74, 6) is 0.219. The minimum Gasteiger partial charge on any atom is -0.295 e. The predicted molar refractivity (Wildman–Crippen MR) is 92.9 cm³/mol. The summed E-state index contributed by atoms with van der Waals surface area (Å²) in [6, 6.07) is 0. The van der Waals surface area contributed by atoms with Crippen molar-refractivity contribution in [2.75, 3.05) is 0 Å². The molecule has 0 aliphatic heterocycles. The number of carbonyl (C=O) groups is 1. The van der Waals surface area contributed by atoms with Crippen LogP contribution in [0.3, 0.4) is 0 Å². The number of carbonyl (C=O) groups excluding carboxylic acids is 1. The van der Waals surface area contributed by atoms with E-state index < -0.39 is 0 Å². The average molecular weight is 286 g/mol. The van der Waals surface area contributed by atoms with E-state index in [1.165, 1.54) is 33.4 Å². The van der Waals surface area contributed by atoms with Crippen LogP contribution in [0.15, 0.2) is 6.08 Å². The van der Waals surface area contributed by atoms with Gasteiger partial charge < -0.3 is 0 Å². The van der Waals surface area contributed by atoms with E-state index in [4.69, 9.17) is 0 Å². The van der Waals surface area contributed by atoms with Gasteiger partial charge in [0.25, 0.3) is 0 Å². The van der Waals surface area contributed by atoms with Gasteiger partial charge in [-0.3, -0.25) is 4.79 Å². The lowest BCUT2D eigenvalue weighted by atomic mass is 9.84. The lowest BCUT2D eigenvalue weighted by molar-refractivity contribution is -0.116. The maximum absolute atomic E-state index is 12.2. The van der Waals surface area contributed by atoms with Crippen LogP contribution in [-0.4, -0.2) is 5.78 Å². The minimum absolute atomic E-state index is 0.0879. The third kappa shape index (κ3) is 4.06. The summed E-state index contributed by atoms with van der Waals surface area (Å²) < 4.78 is 0. The van der Waals surface area contributed by atoms with Crippen LogP contribution in [-0.2, 0) is 4.79 Å². The van der Waals surface area contributed by atoms with Gasteiger partial charge in [0.2, 0.25) is 0 Å². The Balaban J connectivity index is 3.09. The van der Waals surface area contributed by atoms with Crippen molar-refractivity contribution >= 4 is 11.9 Å². The van der Waals surface area contributed by atoms with Gasteiger partial charge in [0.1, 0.15) is 0 Å². The molecule has 0 N–H and O–H groups in total. The fourth-order valence-electron chi connectivity index (χ4n) is 2.61. The van der Waals surface area contributed by atoms with Crippen molar-refractivity contribution in [2.24, 2.45) is 5.41 Å². The Kier molecular flexibility index (Phi) is 5.55. The van der Waals surface area contributed by atoms with E-state index in [1.807, 2.05) is 6.08 Å². The van der Waals surface area contributed by atoms with E-state index in [2.05, 4.69) is 55.4 Å². The largest absolute Gasteiger partial charge is 0.295 e. The minimum atomic E-state index is 0.0879. The van der Waals surface area contributed by atoms with Crippen LogP contribution in [0.5, 0.6) is 0 Å². The molecule has 0 fully saturated rings. The van der Waals surface area contributed by atoms with Gasteiger partial charge in [-0.15, -0.1) is 0 Å². The Morgan fingerprint density at radius 3 is 1.76 bits per heavy atom. The van der Waals surface area contributed by atoms with Crippen LogP contribution >= 0.6 is 0 Å². The highest BCUT2D eigenvalue weighted by molar-refractivity contribution is 5.94.